The molecular weight excluding hydrogens is 625 g/mol. The van der Waals surface area contributed by atoms with Crippen molar-refractivity contribution in [3.63, 3.8) is 0 Å². The number of hydrogen-bond donors (Lipinski definition) is 0. The monoisotopic (exact) mass is 731 g/mol. The van der Waals surface area contributed by atoms with Gasteiger partial charge in [0.2, 0.25) is 0 Å². The molecule has 0 saturated heterocycles. The molecule has 0 nitrogen and oxygen atoms in total. The zero-order valence-corrected chi connectivity index (χ0v) is 37.5. The van der Waals surface area contributed by atoms with Gasteiger partial charge in [0, 0.05) is 0 Å². The van der Waals surface area contributed by atoms with Gasteiger partial charge in [-0.3, -0.25) is 0 Å². The molecule has 0 aromatic carbocycles. The maximum absolute atomic E-state index is 2.52. The van der Waals surface area contributed by atoms with E-state index in [-0.39, 0.29) is 0 Å². The van der Waals surface area contributed by atoms with Gasteiger partial charge >= 0.3 is 0 Å². The van der Waals surface area contributed by atoms with Gasteiger partial charge in [-0.05, 0) is 5.92 Å². The second-order valence-electron chi connectivity index (χ2n) is 18.2. The van der Waals surface area contributed by atoms with Crippen molar-refractivity contribution in [3.8, 4) is 0 Å². The van der Waals surface area contributed by atoms with Crippen molar-refractivity contribution in [1.82, 2.24) is 0 Å². The van der Waals surface area contributed by atoms with E-state index in [0.29, 0.717) is 0 Å². The quantitative estimate of drug-likeness (QED) is 0.0547. The number of unbranched alkanes of at least 4 members (excludes halogenated alkanes) is 44. The predicted octanol–water partition coefficient (Wildman–Crippen LogP) is 20.4. The van der Waals surface area contributed by atoms with Crippen LogP contribution in [-0.4, -0.2) is 0 Å². The highest BCUT2D eigenvalue weighted by Crippen LogP contribution is 2.20. The first-order chi connectivity index (χ1) is 25.8. The van der Waals surface area contributed by atoms with Gasteiger partial charge in [-0.25, -0.2) is 0 Å². The van der Waals surface area contributed by atoms with E-state index in [2.05, 4.69) is 20.8 Å². The third-order valence-electron chi connectivity index (χ3n) is 12.6. The Morgan fingerprint density at radius 3 is 0.423 bits per heavy atom. The summed E-state index contributed by atoms with van der Waals surface area (Å²) in [6.07, 6.45) is 71.2. The SMILES string of the molecule is CCCCCCCCCCCCCCCCCCCCCCCCCC(C)CCCCCCCCCCCCCCCCCCCCCCCCC. The minimum absolute atomic E-state index is 0.963. The van der Waals surface area contributed by atoms with Crippen LogP contribution in [0.4, 0.5) is 0 Å². The predicted molar refractivity (Wildman–Crippen MR) is 242 cm³/mol. The second-order valence-corrected chi connectivity index (χ2v) is 18.2. The maximum atomic E-state index is 2.52. The standard InChI is InChI=1S/C52H106/c1-4-6-8-10-12-14-16-18-20-22-24-26-28-30-32-34-36-38-40-42-44-46-48-50-52(3)51-49-47-45-43-41-39-37-35-33-31-29-27-25-23-21-19-17-15-13-11-9-7-5-2/h52H,4-51H2,1-3H3. The van der Waals surface area contributed by atoms with Crippen LogP contribution in [0.15, 0.2) is 0 Å². The van der Waals surface area contributed by atoms with Gasteiger partial charge in [-0.2, -0.15) is 0 Å². The minimum Gasteiger partial charge on any atom is -0.0654 e. The Kier molecular flexibility index (Phi) is 49.0. The third kappa shape index (κ3) is 48.0. The summed E-state index contributed by atoms with van der Waals surface area (Å²) in [5, 5.41) is 0. The van der Waals surface area contributed by atoms with E-state index >= 15 is 0 Å². The molecule has 0 radical (unpaired) electrons. The van der Waals surface area contributed by atoms with Crippen LogP contribution < -0.4 is 0 Å². The van der Waals surface area contributed by atoms with Gasteiger partial charge in [-0.15, -0.1) is 0 Å². The van der Waals surface area contributed by atoms with Crippen molar-refractivity contribution < 1.29 is 0 Å². The van der Waals surface area contributed by atoms with Crippen LogP contribution in [0, 0.1) is 5.92 Å². The van der Waals surface area contributed by atoms with Crippen LogP contribution in [0.1, 0.15) is 329 Å². The largest absolute Gasteiger partial charge is 0.0654 e. The molecule has 0 aromatic heterocycles. The third-order valence-corrected chi connectivity index (χ3v) is 12.6. The van der Waals surface area contributed by atoms with Crippen LogP contribution in [0.25, 0.3) is 0 Å². The smallest absolute Gasteiger partial charge is 0.0443 e. The Morgan fingerprint density at radius 1 is 0.173 bits per heavy atom. The fourth-order valence-electron chi connectivity index (χ4n) is 8.70. The van der Waals surface area contributed by atoms with Gasteiger partial charge in [-0.1, -0.05) is 329 Å². The molecule has 314 valence electrons. The summed E-state index contributed by atoms with van der Waals surface area (Å²) >= 11 is 0. The lowest BCUT2D eigenvalue weighted by molar-refractivity contribution is 0.429. The molecule has 0 rings (SSSR count). The summed E-state index contributed by atoms with van der Waals surface area (Å²) < 4.78 is 0. The Labute approximate surface area is 333 Å². The molecule has 0 amide bonds. The van der Waals surface area contributed by atoms with Gasteiger partial charge in [0.05, 0.1) is 0 Å². The molecule has 0 bridgehead atoms. The van der Waals surface area contributed by atoms with Crippen LogP contribution >= 0.6 is 0 Å². The summed E-state index contributed by atoms with van der Waals surface area (Å²) in [7, 11) is 0. The van der Waals surface area contributed by atoms with Crippen molar-refractivity contribution in [3.05, 3.63) is 0 Å². The van der Waals surface area contributed by atoms with Crippen molar-refractivity contribution in [1.29, 1.82) is 0 Å². The van der Waals surface area contributed by atoms with Crippen molar-refractivity contribution in [2.45, 2.75) is 329 Å². The molecule has 0 aliphatic rings. The van der Waals surface area contributed by atoms with Gasteiger partial charge < -0.3 is 0 Å². The fourth-order valence-corrected chi connectivity index (χ4v) is 8.70. The minimum atomic E-state index is 0.963. The normalized spacial score (nSPS) is 11.8. The highest BCUT2D eigenvalue weighted by atomic mass is 14.1. The lowest BCUT2D eigenvalue weighted by Gasteiger charge is -2.11. The molecule has 0 atom stereocenters. The summed E-state index contributed by atoms with van der Waals surface area (Å²) in [5.41, 5.74) is 0. The second kappa shape index (κ2) is 49.0. The highest BCUT2D eigenvalue weighted by Gasteiger charge is 2.03. The number of hydrogen-bond acceptors (Lipinski definition) is 0. The van der Waals surface area contributed by atoms with Crippen molar-refractivity contribution in [2.24, 2.45) is 5.92 Å². The van der Waals surface area contributed by atoms with E-state index in [1.807, 2.05) is 0 Å². The highest BCUT2D eigenvalue weighted by molar-refractivity contribution is 4.57. The lowest BCUT2D eigenvalue weighted by atomic mass is 9.95. The topological polar surface area (TPSA) is 0 Å². The first-order valence-corrected chi connectivity index (χ1v) is 25.8. The van der Waals surface area contributed by atoms with E-state index in [0.717, 1.165) is 5.92 Å². The molecule has 0 fully saturated rings. The van der Waals surface area contributed by atoms with Crippen LogP contribution in [0.2, 0.25) is 0 Å². The Hall–Kier alpha value is 0. The zero-order chi connectivity index (χ0) is 37.5. The van der Waals surface area contributed by atoms with Crippen LogP contribution in [0.3, 0.4) is 0 Å². The fraction of sp³-hybridized carbons (Fsp3) is 1.00. The molecule has 52 heavy (non-hydrogen) atoms. The first kappa shape index (κ1) is 52.0. The number of rotatable bonds is 48. The van der Waals surface area contributed by atoms with E-state index in [1.54, 1.807) is 0 Å². The van der Waals surface area contributed by atoms with E-state index in [9.17, 15) is 0 Å². The van der Waals surface area contributed by atoms with E-state index < -0.39 is 0 Å². The summed E-state index contributed by atoms with van der Waals surface area (Å²) in [5.74, 6) is 0.963. The molecule has 0 spiro atoms. The zero-order valence-electron chi connectivity index (χ0n) is 37.5. The lowest BCUT2D eigenvalue weighted by Crippen LogP contribution is -1.95. The molecule has 0 heterocycles. The summed E-state index contributed by atoms with van der Waals surface area (Å²) in [6, 6.07) is 0. The summed E-state index contributed by atoms with van der Waals surface area (Å²) in [6.45, 7) is 7.15. The van der Waals surface area contributed by atoms with Crippen molar-refractivity contribution in [2.75, 3.05) is 0 Å². The summed E-state index contributed by atoms with van der Waals surface area (Å²) in [4.78, 5) is 0. The van der Waals surface area contributed by atoms with Gasteiger partial charge in [0.25, 0.3) is 0 Å². The Balaban J connectivity index is 3.14. The van der Waals surface area contributed by atoms with Gasteiger partial charge in [0.1, 0.15) is 0 Å². The average Bonchev–Trinajstić information content (AvgIpc) is 3.15. The van der Waals surface area contributed by atoms with Crippen molar-refractivity contribution >= 4 is 0 Å². The molecular formula is C52H106. The van der Waals surface area contributed by atoms with Crippen LogP contribution in [-0.2, 0) is 0 Å². The average molecular weight is 731 g/mol. The molecule has 0 aliphatic carbocycles. The van der Waals surface area contributed by atoms with E-state index in [4.69, 9.17) is 0 Å². The first-order valence-electron chi connectivity index (χ1n) is 25.8. The Bertz CT molecular complexity index is 529. The molecule has 0 aromatic rings. The molecule has 0 heteroatoms. The maximum Gasteiger partial charge on any atom is -0.0443 e. The molecule has 0 unspecified atom stereocenters. The van der Waals surface area contributed by atoms with Gasteiger partial charge in [0.15, 0.2) is 0 Å². The molecule has 0 N–H and O–H groups in total. The molecule has 0 aliphatic heterocycles. The Morgan fingerprint density at radius 2 is 0.288 bits per heavy atom. The van der Waals surface area contributed by atoms with E-state index in [1.165, 1.54) is 308 Å². The van der Waals surface area contributed by atoms with Crippen LogP contribution in [0.5, 0.6) is 0 Å². The molecule has 0 saturated carbocycles.